The fraction of sp³-hybridized carbons (Fsp3) is 0.294. The molecule has 0 atom stereocenters. The van der Waals surface area contributed by atoms with Crippen LogP contribution in [0.15, 0.2) is 48.5 Å². The highest BCUT2D eigenvalue weighted by atomic mass is 15.1. The highest BCUT2D eigenvalue weighted by Gasteiger charge is 2.02. The van der Waals surface area contributed by atoms with Gasteiger partial charge in [0.2, 0.25) is 0 Å². The number of hydrogen-bond acceptors (Lipinski definition) is 1. The Morgan fingerprint density at radius 2 is 1.44 bits per heavy atom. The van der Waals surface area contributed by atoms with Gasteiger partial charge in [-0.15, -0.1) is 0 Å². The molecule has 0 aliphatic heterocycles. The maximum atomic E-state index is 2.35. The van der Waals surface area contributed by atoms with E-state index in [2.05, 4.69) is 74.3 Å². The van der Waals surface area contributed by atoms with E-state index in [4.69, 9.17) is 0 Å². The van der Waals surface area contributed by atoms with Crippen LogP contribution in [0, 0.1) is 13.8 Å². The lowest BCUT2D eigenvalue weighted by atomic mass is 10.1. The van der Waals surface area contributed by atoms with Gasteiger partial charge in [0.25, 0.3) is 0 Å². The van der Waals surface area contributed by atoms with Gasteiger partial charge in [0.15, 0.2) is 0 Å². The molecule has 0 amide bonds. The van der Waals surface area contributed by atoms with Crippen molar-refractivity contribution in [3.05, 3.63) is 70.8 Å². The van der Waals surface area contributed by atoms with Crippen molar-refractivity contribution in [1.82, 2.24) is 4.90 Å². The molecule has 0 saturated carbocycles. The van der Waals surface area contributed by atoms with E-state index >= 15 is 0 Å². The first-order valence-corrected chi connectivity index (χ1v) is 6.43. The Hall–Kier alpha value is -1.60. The minimum atomic E-state index is 0.994. The molecular formula is C17H21N. The molecular weight excluding hydrogens is 218 g/mol. The summed E-state index contributed by atoms with van der Waals surface area (Å²) in [6.45, 7) is 6.26. The molecule has 0 spiro atoms. The van der Waals surface area contributed by atoms with Crippen LogP contribution in [0.1, 0.15) is 22.3 Å². The van der Waals surface area contributed by atoms with Gasteiger partial charge in [-0.25, -0.2) is 0 Å². The van der Waals surface area contributed by atoms with E-state index in [9.17, 15) is 0 Å². The summed E-state index contributed by atoms with van der Waals surface area (Å²) in [4.78, 5) is 2.35. The average Bonchev–Trinajstić information content (AvgIpc) is 2.32. The predicted molar refractivity (Wildman–Crippen MR) is 77.5 cm³/mol. The normalized spacial score (nSPS) is 10.9. The van der Waals surface area contributed by atoms with E-state index in [0.29, 0.717) is 0 Å². The molecule has 0 heterocycles. The standard InChI is InChI=1S/C17H21N/c1-14-7-9-16(10-8-14)12-18(3)13-17-6-4-5-15(2)11-17/h4-11H,12-13H2,1-3H3. The van der Waals surface area contributed by atoms with E-state index in [1.807, 2.05) is 0 Å². The smallest absolute Gasteiger partial charge is 0.0234 e. The minimum absolute atomic E-state index is 0.994. The molecule has 0 N–H and O–H groups in total. The van der Waals surface area contributed by atoms with E-state index in [-0.39, 0.29) is 0 Å². The van der Waals surface area contributed by atoms with Crippen LogP contribution < -0.4 is 0 Å². The zero-order valence-electron chi connectivity index (χ0n) is 11.5. The van der Waals surface area contributed by atoms with E-state index < -0.39 is 0 Å². The molecule has 18 heavy (non-hydrogen) atoms. The Balaban J connectivity index is 1.96. The number of rotatable bonds is 4. The summed E-state index contributed by atoms with van der Waals surface area (Å²) in [6.07, 6.45) is 0. The quantitative estimate of drug-likeness (QED) is 0.781. The first-order valence-electron chi connectivity index (χ1n) is 6.43. The fourth-order valence-corrected chi connectivity index (χ4v) is 2.18. The third kappa shape index (κ3) is 3.71. The van der Waals surface area contributed by atoms with Crippen molar-refractivity contribution in [2.45, 2.75) is 26.9 Å². The Morgan fingerprint density at radius 3 is 2.11 bits per heavy atom. The van der Waals surface area contributed by atoms with Crippen LogP contribution in [0.2, 0.25) is 0 Å². The zero-order chi connectivity index (χ0) is 13.0. The Morgan fingerprint density at radius 1 is 0.778 bits per heavy atom. The number of nitrogens with zero attached hydrogens (tertiary/aromatic N) is 1. The maximum absolute atomic E-state index is 2.35. The lowest BCUT2D eigenvalue weighted by Gasteiger charge is -2.17. The molecule has 94 valence electrons. The second-order valence-electron chi connectivity index (χ2n) is 5.15. The molecule has 1 heteroatoms. The Bertz CT molecular complexity index is 499. The number of benzene rings is 2. The molecule has 0 radical (unpaired) electrons. The van der Waals surface area contributed by atoms with Crippen molar-refractivity contribution in [2.75, 3.05) is 7.05 Å². The van der Waals surface area contributed by atoms with Crippen molar-refractivity contribution in [3.8, 4) is 0 Å². The van der Waals surface area contributed by atoms with Crippen LogP contribution in [-0.4, -0.2) is 11.9 Å². The van der Waals surface area contributed by atoms with Crippen LogP contribution in [0.25, 0.3) is 0 Å². The SMILES string of the molecule is Cc1ccc(CN(C)Cc2cccc(C)c2)cc1. The van der Waals surface area contributed by atoms with Crippen LogP contribution in [0.3, 0.4) is 0 Å². The summed E-state index contributed by atoms with van der Waals surface area (Å²) >= 11 is 0. The topological polar surface area (TPSA) is 3.24 Å². The highest BCUT2D eigenvalue weighted by Crippen LogP contribution is 2.10. The second-order valence-corrected chi connectivity index (χ2v) is 5.15. The third-order valence-electron chi connectivity index (χ3n) is 3.11. The molecule has 0 unspecified atom stereocenters. The summed E-state index contributed by atoms with van der Waals surface area (Å²) in [5.74, 6) is 0. The minimum Gasteiger partial charge on any atom is -0.298 e. The predicted octanol–water partition coefficient (Wildman–Crippen LogP) is 3.94. The van der Waals surface area contributed by atoms with Crippen molar-refractivity contribution in [3.63, 3.8) is 0 Å². The molecule has 1 nitrogen and oxygen atoms in total. The largest absolute Gasteiger partial charge is 0.298 e. The monoisotopic (exact) mass is 239 g/mol. The van der Waals surface area contributed by atoms with Crippen LogP contribution >= 0.6 is 0 Å². The fourth-order valence-electron chi connectivity index (χ4n) is 2.18. The van der Waals surface area contributed by atoms with E-state index in [1.54, 1.807) is 0 Å². The van der Waals surface area contributed by atoms with Gasteiger partial charge in [-0.05, 0) is 32.0 Å². The van der Waals surface area contributed by atoms with E-state index in [1.165, 1.54) is 22.3 Å². The van der Waals surface area contributed by atoms with Crippen LogP contribution in [-0.2, 0) is 13.1 Å². The maximum Gasteiger partial charge on any atom is 0.0234 e. The third-order valence-corrected chi connectivity index (χ3v) is 3.11. The second kappa shape index (κ2) is 5.83. The molecule has 2 aromatic rings. The molecule has 0 fully saturated rings. The van der Waals surface area contributed by atoms with Crippen molar-refractivity contribution in [1.29, 1.82) is 0 Å². The summed E-state index contributed by atoms with van der Waals surface area (Å²) in [7, 11) is 2.17. The van der Waals surface area contributed by atoms with Crippen LogP contribution in [0.4, 0.5) is 0 Å². The zero-order valence-corrected chi connectivity index (χ0v) is 11.5. The van der Waals surface area contributed by atoms with Gasteiger partial charge in [-0.3, -0.25) is 4.90 Å². The van der Waals surface area contributed by atoms with Crippen molar-refractivity contribution < 1.29 is 0 Å². The molecule has 0 aromatic heterocycles. The van der Waals surface area contributed by atoms with Gasteiger partial charge in [-0.2, -0.15) is 0 Å². The molecule has 0 aliphatic rings. The first kappa shape index (κ1) is 12.8. The molecule has 2 rings (SSSR count). The number of hydrogen-bond donors (Lipinski definition) is 0. The van der Waals surface area contributed by atoms with Gasteiger partial charge in [-0.1, -0.05) is 59.7 Å². The summed E-state index contributed by atoms with van der Waals surface area (Å²) in [5.41, 5.74) is 5.40. The lowest BCUT2D eigenvalue weighted by molar-refractivity contribution is 0.319. The summed E-state index contributed by atoms with van der Waals surface area (Å²) in [5, 5.41) is 0. The van der Waals surface area contributed by atoms with Crippen molar-refractivity contribution in [2.24, 2.45) is 0 Å². The first-order chi connectivity index (χ1) is 8.63. The Labute approximate surface area is 110 Å². The van der Waals surface area contributed by atoms with Gasteiger partial charge in [0, 0.05) is 13.1 Å². The highest BCUT2D eigenvalue weighted by molar-refractivity contribution is 5.23. The summed E-state index contributed by atoms with van der Waals surface area (Å²) in [6, 6.07) is 17.5. The number of aryl methyl sites for hydroxylation is 2. The molecule has 2 aromatic carbocycles. The van der Waals surface area contributed by atoms with Gasteiger partial charge in [0.1, 0.15) is 0 Å². The summed E-state index contributed by atoms with van der Waals surface area (Å²) < 4.78 is 0. The van der Waals surface area contributed by atoms with Gasteiger partial charge in [0.05, 0.1) is 0 Å². The molecule has 0 bridgehead atoms. The average molecular weight is 239 g/mol. The van der Waals surface area contributed by atoms with E-state index in [0.717, 1.165) is 13.1 Å². The Kier molecular flexibility index (Phi) is 4.16. The van der Waals surface area contributed by atoms with Crippen molar-refractivity contribution >= 4 is 0 Å². The molecule has 0 saturated heterocycles. The van der Waals surface area contributed by atoms with Crippen LogP contribution in [0.5, 0.6) is 0 Å². The van der Waals surface area contributed by atoms with Gasteiger partial charge < -0.3 is 0 Å². The lowest BCUT2D eigenvalue weighted by Crippen LogP contribution is -2.17. The van der Waals surface area contributed by atoms with Gasteiger partial charge >= 0.3 is 0 Å². The molecule has 0 aliphatic carbocycles.